The van der Waals surface area contributed by atoms with Crippen LogP contribution in [0.15, 0.2) is 24.3 Å². The lowest BCUT2D eigenvalue weighted by atomic mass is 10.1. The molecule has 1 aliphatic heterocycles. The van der Waals surface area contributed by atoms with Gasteiger partial charge < -0.3 is 10.2 Å². The molecule has 2 aromatic rings. The van der Waals surface area contributed by atoms with Crippen molar-refractivity contribution in [2.24, 2.45) is 5.92 Å². The molecular formula is C14H13FN4O2S. The van der Waals surface area contributed by atoms with Crippen molar-refractivity contribution in [1.29, 1.82) is 0 Å². The van der Waals surface area contributed by atoms with Gasteiger partial charge in [0.2, 0.25) is 16.9 Å². The van der Waals surface area contributed by atoms with E-state index < -0.39 is 5.92 Å². The van der Waals surface area contributed by atoms with Gasteiger partial charge in [-0.05, 0) is 31.2 Å². The molecule has 1 saturated heterocycles. The van der Waals surface area contributed by atoms with Gasteiger partial charge in [-0.1, -0.05) is 11.3 Å². The fourth-order valence-corrected chi connectivity index (χ4v) is 2.90. The molecule has 1 N–H and O–H groups in total. The van der Waals surface area contributed by atoms with Crippen LogP contribution in [0.5, 0.6) is 0 Å². The van der Waals surface area contributed by atoms with Gasteiger partial charge in [-0.2, -0.15) is 0 Å². The Hall–Kier alpha value is -2.35. The van der Waals surface area contributed by atoms with Crippen LogP contribution >= 0.6 is 11.3 Å². The molecule has 114 valence electrons. The van der Waals surface area contributed by atoms with Crippen LogP contribution in [0.2, 0.25) is 0 Å². The first-order valence-electron chi connectivity index (χ1n) is 6.70. The van der Waals surface area contributed by atoms with Crippen molar-refractivity contribution in [2.45, 2.75) is 13.3 Å². The smallest absolute Gasteiger partial charge is 0.231 e. The Kier molecular flexibility index (Phi) is 3.84. The van der Waals surface area contributed by atoms with Gasteiger partial charge in [-0.15, -0.1) is 10.2 Å². The molecule has 0 aliphatic carbocycles. The summed E-state index contributed by atoms with van der Waals surface area (Å²) in [4.78, 5) is 25.7. The predicted octanol–water partition coefficient (Wildman–Crippen LogP) is 1.98. The first-order valence-corrected chi connectivity index (χ1v) is 7.51. The molecule has 1 aromatic heterocycles. The number of carbonyl (C=O) groups excluding carboxylic acids is 2. The van der Waals surface area contributed by atoms with Crippen LogP contribution in [0.1, 0.15) is 11.4 Å². The van der Waals surface area contributed by atoms with E-state index in [1.54, 1.807) is 6.92 Å². The standard InChI is InChI=1S/C14H13FN4O2S/c1-8-17-18-14(22-8)16-13(21)9-6-12(20)19(7-9)11-4-2-10(15)3-5-11/h2-5,9H,6-7H2,1H3,(H,16,18,21)/t9-/m0/s1. The van der Waals surface area contributed by atoms with Crippen LogP contribution in [0.25, 0.3) is 0 Å². The van der Waals surface area contributed by atoms with Crippen LogP contribution < -0.4 is 10.2 Å². The average Bonchev–Trinajstić information content (AvgIpc) is 3.06. The van der Waals surface area contributed by atoms with Crippen LogP contribution in [-0.4, -0.2) is 28.6 Å². The van der Waals surface area contributed by atoms with Crippen molar-refractivity contribution in [3.8, 4) is 0 Å². The molecule has 0 spiro atoms. The number of aromatic nitrogens is 2. The maximum atomic E-state index is 12.9. The minimum absolute atomic E-state index is 0.126. The summed E-state index contributed by atoms with van der Waals surface area (Å²) in [6, 6.07) is 5.64. The van der Waals surface area contributed by atoms with E-state index in [2.05, 4.69) is 15.5 Å². The molecule has 1 fully saturated rings. The third-order valence-corrected chi connectivity index (χ3v) is 4.14. The number of aryl methyl sites for hydroxylation is 1. The molecule has 1 aromatic carbocycles. The Balaban J connectivity index is 1.68. The van der Waals surface area contributed by atoms with E-state index in [9.17, 15) is 14.0 Å². The van der Waals surface area contributed by atoms with E-state index in [4.69, 9.17) is 0 Å². The second kappa shape index (κ2) is 5.80. The summed E-state index contributed by atoms with van der Waals surface area (Å²) in [7, 11) is 0. The molecule has 22 heavy (non-hydrogen) atoms. The normalized spacial score (nSPS) is 17.8. The Morgan fingerprint density at radius 3 is 2.73 bits per heavy atom. The second-order valence-corrected chi connectivity index (χ2v) is 6.18. The molecule has 6 nitrogen and oxygen atoms in total. The second-order valence-electron chi connectivity index (χ2n) is 5.00. The van der Waals surface area contributed by atoms with E-state index in [-0.39, 0.29) is 30.6 Å². The third-order valence-electron chi connectivity index (χ3n) is 3.39. The van der Waals surface area contributed by atoms with Gasteiger partial charge in [0.1, 0.15) is 10.8 Å². The third kappa shape index (κ3) is 2.96. The first-order chi connectivity index (χ1) is 10.5. The zero-order chi connectivity index (χ0) is 15.7. The lowest BCUT2D eigenvalue weighted by Gasteiger charge is -2.16. The van der Waals surface area contributed by atoms with Crippen LogP contribution in [0, 0.1) is 18.7 Å². The van der Waals surface area contributed by atoms with Gasteiger partial charge in [0, 0.05) is 18.7 Å². The number of carbonyl (C=O) groups is 2. The summed E-state index contributed by atoms with van der Waals surface area (Å²) in [5.41, 5.74) is 0.591. The Bertz CT molecular complexity index is 716. The van der Waals surface area contributed by atoms with Crippen molar-refractivity contribution in [2.75, 3.05) is 16.8 Å². The van der Waals surface area contributed by atoms with E-state index in [1.165, 1.54) is 40.5 Å². The van der Waals surface area contributed by atoms with Gasteiger partial charge in [-0.25, -0.2) is 4.39 Å². The van der Waals surface area contributed by atoms with Gasteiger partial charge in [0.15, 0.2) is 0 Å². The van der Waals surface area contributed by atoms with Crippen LogP contribution in [0.3, 0.4) is 0 Å². The lowest BCUT2D eigenvalue weighted by Crippen LogP contribution is -2.28. The molecule has 0 unspecified atom stereocenters. The number of halogens is 1. The van der Waals surface area contributed by atoms with Crippen LogP contribution in [0.4, 0.5) is 15.2 Å². The largest absolute Gasteiger partial charge is 0.312 e. The zero-order valence-corrected chi connectivity index (χ0v) is 12.6. The maximum Gasteiger partial charge on any atom is 0.231 e. The molecule has 0 saturated carbocycles. The molecule has 1 aliphatic rings. The fraction of sp³-hybridized carbons (Fsp3) is 0.286. The fourth-order valence-electron chi connectivity index (χ4n) is 2.31. The summed E-state index contributed by atoms with van der Waals surface area (Å²) < 4.78 is 12.9. The highest BCUT2D eigenvalue weighted by Gasteiger charge is 2.35. The quantitative estimate of drug-likeness (QED) is 0.938. The monoisotopic (exact) mass is 320 g/mol. The Morgan fingerprint density at radius 1 is 1.36 bits per heavy atom. The number of benzene rings is 1. The SMILES string of the molecule is Cc1nnc(NC(=O)[C@H]2CC(=O)N(c3ccc(F)cc3)C2)s1. The van der Waals surface area contributed by atoms with Gasteiger partial charge in [0.05, 0.1) is 5.92 Å². The molecule has 1 atom stereocenters. The molecule has 0 radical (unpaired) electrons. The number of hydrogen-bond acceptors (Lipinski definition) is 5. The highest BCUT2D eigenvalue weighted by Crippen LogP contribution is 2.26. The van der Waals surface area contributed by atoms with E-state index in [0.29, 0.717) is 10.8 Å². The summed E-state index contributed by atoms with van der Waals surface area (Å²) in [6.45, 7) is 2.07. The summed E-state index contributed by atoms with van der Waals surface area (Å²) >= 11 is 1.28. The maximum absolute atomic E-state index is 12.9. The molecule has 2 amide bonds. The first kappa shape index (κ1) is 14.6. The van der Waals surface area contributed by atoms with Gasteiger partial charge in [-0.3, -0.25) is 9.59 Å². The van der Waals surface area contributed by atoms with Crippen molar-refractivity contribution in [3.05, 3.63) is 35.1 Å². The van der Waals surface area contributed by atoms with E-state index >= 15 is 0 Å². The topological polar surface area (TPSA) is 75.2 Å². The predicted molar refractivity (Wildman–Crippen MR) is 80.1 cm³/mol. The number of anilines is 2. The van der Waals surface area contributed by atoms with E-state index in [1.807, 2.05) is 0 Å². The van der Waals surface area contributed by atoms with E-state index in [0.717, 1.165) is 5.01 Å². The highest BCUT2D eigenvalue weighted by atomic mass is 32.1. The Labute approximate surface area is 130 Å². The molecule has 3 rings (SSSR count). The Morgan fingerprint density at radius 2 is 2.09 bits per heavy atom. The van der Waals surface area contributed by atoms with Crippen molar-refractivity contribution in [1.82, 2.24) is 10.2 Å². The molecule has 8 heteroatoms. The lowest BCUT2D eigenvalue weighted by molar-refractivity contribution is -0.122. The minimum Gasteiger partial charge on any atom is -0.312 e. The number of hydrogen-bond donors (Lipinski definition) is 1. The van der Waals surface area contributed by atoms with Crippen LogP contribution in [-0.2, 0) is 9.59 Å². The van der Waals surface area contributed by atoms with Gasteiger partial charge >= 0.3 is 0 Å². The molecular weight excluding hydrogens is 307 g/mol. The summed E-state index contributed by atoms with van der Waals surface area (Å²) in [6.07, 6.45) is 0.126. The van der Waals surface area contributed by atoms with Crippen molar-refractivity contribution < 1.29 is 14.0 Å². The number of nitrogens with zero attached hydrogens (tertiary/aromatic N) is 3. The average molecular weight is 320 g/mol. The molecule has 0 bridgehead atoms. The van der Waals surface area contributed by atoms with Crippen molar-refractivity contribution >= 4 is 34.0 Å². The zero-order valence-electron chi connectivity index (χ0n) is 11.7. The van der Waals surface area contributed by atoms with Crippen molar-refractivity contribution in [3.63, 3.8) is 0 Å². The number of amides is 2. The van der Waals surface area contributed by atoms with Gasteiger partial charge in [0.25, 0.3) is 0 Å². The minimum atomic E-state index is -0.457. The number of nitrogens with one attached hydrogen (secondary N) is 1. The highest BCUT2D eigenvalue weighted by molar-refractivity contribution is 7.15. The summed E-state index contributed by atoms with van der Waals surface area (Å²) in [5.74, 6) is -1.23. The molecule has 2 heterocycles. The number of rotatable bonds is 3. The summed E-state index contributed by atoms with van der Waals surface area (Å²) in [5, 5.41) is 11.5.